The van der Waals surface area contributed by atoms with Gasteiger partial charge in [-0.15, -0.1) is 0 Å². The minimum atomic E-state index is -0.205. The summed E-state index contributed by atoms with van der Waals surface area (Å²) in [6.07, 6.45) is 3.37. The summed E-state index contributed by atoms with van der Waals surface area (Å²) in [6.45, 7) is 3.96. The fourth-order valence-electron chi connectivity index (χ4n) is 2.65. The van der Waals surface area contributed by atoms with Gasteiger partial charge in [-0.05, 0) is 31.5 Å². The van der Waals surface area contributed by atoms with Gasteiger partial charge in [-0.3, -0.25) is 9.89 Å². The molecular weight excluding hydrogens is 312 g/mol. The standard InChI is InChI=1S/C20H18N4O/c1-13-3-5-15(6-4-13)14(2)24-20(25)16-7-8-19(17(9-16)10-21)18-11-22-23-12-18/h3-9,11-12,14H,1-2H3,(H,22,23)(H,24,25)/t14-/m1/s1. The van der Waals surface area contributed by atoms with Crippen molar-refractivity contribution in [3.8, 4) is 17.2 Å². The smallest absolute Gasteiger partial charge is 0.251 e. The van der Waals surface area contributed by atoms with Crippen LogP contribution in [0.3, 0.4) is 0 Å². The molecule has 25 heavy (non-hydrogen) atoms. The Morgan fingerprint density at radius 1 is 1.24 bits per heavy atom. The molecule has 3 rings (SSSR count). The molecule has 0 aliphatic carbocycles. The van der Waals surface area contributed by atoms with Crippen molar-refractivity contribution in [1.82, 2.24) is 15.5 Å². The van der Waals surface area contributed by atoms with E-state index in [4.69, 9.17) is 0 Å². The summed E-state index contributed by atoms with van der Waals surface area (Å²) in [7, 11) is 0. The molecule has 124 valence electrons. The number of amides is 1. The van der Waals surface area contributed by atoms with Gasteiger partial charge in [-0.25, -0.2) is 0 Å². The topological polar surface area (TPSA) is 81.6 Å². The van der Waals surface area contributed by atoms with Crippen LogP contribution in [0.2, 0.25) is 0 Å². The van der Waals surface area contributed by atoms with E-state index in [2.05, 4.69) is 21.6 Å². The number of nitrogens with one attached hydrogen (secondary N) is 2. The first-order valence-corrected chi connectivity index (χ1v) is 7.99. The predicted molar refractivity (Wildman–Crippen MR) is 95.8 cm³/mol. The molecule has 2 aromatic carbocycles. The first-order chi connectivity index (χ1) is 12.1. The molecule has 0 aliphatic rings. The number of hydrogen-bond donors (Lipinski definition) is 2. The van der Waals surface area contributed by atoms with E-state index in [9.17, 15) is 10.1 Å². The second-order valence-corrected chi connectivity index (χ2v) is 5.96. The Balaban J connectivity index is 1.80. The van der Waals surface area contributed by atoms with Crippen molar-refractivity contribution >= 4 is 5.91 Å². The van der Waals surface area contributed by atoms with Crippen LogP contribution in [0.15, 0.2) is 54.9 Å². The number of benzene rings is 2. The summed E-state index contributed by atoms with van der Waals surface area (Å²) in [5.41, 5.74) is 4.68. The van der Waals surface area contributed by atoms with Gasteiger partial charge in [0, 0.05) is 22.9 Å². The van der Waals surface area contributed by atoms with Crippen LogP contribution in [0.5, 0.6) is 0 Å². The zero-order valence-corrected chi connectivity index (χ0v) is 14.1. The van der Waals surface area contributed by atoms with E-state index in [1.54, 1.807) is 30.6 Å². The lowest BCUT2D eigenvalue weighted by molar-refractivity contribution is 0.0940. The molecule has 2 N–H and O–H groups in total. The van der Waals surface area contributed by atoms with Gasteiger partial charge in [0.25, 0.3) is 5.91 Å². The molecule has 5 heteroatoms. The third kappa shape index (κ3) is 3.59. The summed E-state index contributed by atoms with van der Waals surface area (Å²) < 4.78 is 0. The minimum Gasteiger partial charge on any atom is -0.346 e. The third-order valence-corrected chi connectivity index (χ3v) is 4.14. The van der Waals surface area contributed by atoms with Gasteiger partial charge in [-0.2, -0.15) is 10.4 Å². The summed E-state index contributed by atoms with van der Waals surface area (Å²) in [6, 6.07) is 15.2. The first-order valence-electron chi connectivity index (χ1n) is 7.99. The van der Waals surface area contributed by atoms with Crippen LogP contribution >= 0.6 is 0 Å². The van der Waals surface area contributed by atoms with E-state index < -0.39 is 0 Å². The molecule has 5 nitrogen and oxygen atoms in total. The summed E-state index contributed by atoms with van der Waals surface area (Å²) >= 11 is 0. The molecule has 0 unspecified atom stereocenters. The molecule has 0 radical (unpaired) electrons. The first kappa shape index (κ1) is 16.5. The van der Waals surface area contributed by atoms with E-state index in [0.29, 0.717) is 11.1 Å². The fourth-order valence-corrected chi connectivity index (χ4v) is 2.65. The number of carbonyl (C=O) groups is 1. The van der Waals surface area contributed by atoms with Crippen LogP contribution in [0.25, 0.3) is 11.1 Å². The van der Waals surface area contributed by atoms with Crippen LogP contribution in [0, 0.1) is 18.3 Å². The zero-order chi connectivity index (χ0) is 17.8. The van der Waals surface area contributed by atoms with Crippen molar-refractivity contribution in [1.29, 1.82) is 5.26 Å². The van der Waals surface area contributed by atoms with Crippen LogP contribution in [-0.4, -0.2) is 16.1 Å². The molecule has 1 aromatic heterocycles. The van der Waals surface area contributed by atoms with E-state index in [0.717, 1.165) is 16.7 Å². The number of rotatable bonds is 4. The number of aromatic amines is 1. The molecule has 3 aromatic rings. The van der Waals surface area contributed by atoms with Crippen LogP contribution in [-0.2, 0) is 0 Å². The molecular formula is C20H18N4O. The molecule has 0 fully saturated rings. The quantitative estimate of drug-likeness (QED) is 0.764. The maximum Gasteiger partial charge on any atom is 0.251 e. The van der Waals surface area contributed by atoms with Gasteiger partial charge in [-0.1, -0.05) is 35.9 Å². The Morgan fingerprint density at radius 3 is 2.64 bits per heavy atom. The van der Waals surface area contributed by atoms with E-state index in [1.165, 1.54) is 5.56 Å². The van der Waals surface area contributed by atoms with Gasteiger partial charge in [0.2, 0.25) is 0 Å². The van der Waals surface area contributed by atoms with Gasteiger partial charge < -0.3 is 5.32 Å². The van der Waals surface area contributed by atoms with Gasteiger partial charge in [0.15, 0.2) is 0 Å². The molecule has 0 spiro atoms. The Kier molecular flexibility index (Phi) is 4.62. The van der Waals surface area contributed by atoms with Crippen molar-refractivity contribution in [2.24, 2.45) is 0 Å². The number of aromatic nitrogens is 2. The zero-order valence-electron chi connectivity index (χ0n) is 14.1. The summed E-state index contributed by atoms with van der Waals surface area (Å²) in [5.74, 6) is -0.205. The largest absolute Gasteiger partial charge is 0.346 e. The van der Waals surface area contributed by atoms with Crippen molar-refractivity contribution < 1.29 is 4.79 Å². The maximum atomic E-state index is 12.5. The highest BCUT2D eigenvalue weighted by molar-refractivity contribution is 5.95. The summed E-state index contributed by atoms with van der Waals surface area (Å²) in [5, 5.41) is 19.0. The molecule has 0 aliphatic heterocycles. The van der Waals surface area contributed by atoms with E-state index >= 15 is 0 Å². The number of aryl methyl sites for hydroxylation is 1. The Hall–Kier alpha value is -3.39. The molecule has 0 bridgehead atoms. The van der Waals surface area contributed by atoms with E-state index in [-0.39, 0.29) is 11.9 Å². The number of H-pyrrole nitrogens is 1. The molecule has 1 heterocycles. The summed E-state index contributed by atoms with van der Waals surface area (Å²) in [4.78, 5) is 12.5. The van der Waals surface area contributed by atoms with Crippen molar-refractivity contribution in [3.63, 3.8) is 0 Å². The highest BCUT2D eigenvalue weighted by Crippen LogP contribution is 2.23. The number of carbonyl (C=O) groups excluding carboxylic acids is 1. The number of nitrogens with zero attached hydrogens (tertiary/aromatic N) is 2. The molecule has 1 amide bonds. The lowest BCUT2D eigenvalue weighted by atomic mass is 10.00. The second-order valence-electron chi connectivity index (χ2n) is 5.96. The number of hydrogen-bond acceptors (Lipinski definition) is 3. The number of nitriles is 1. The molecule has 0 saturated carbocycles. The van der Waals surface area contributed by atoms with Gasteiger partial charge in [0.05, 0.1) is 23.9 Å². The SMILES string of the molecule is Cc1ccc([C@@H](C)NC(=O)c2ccc(-c3cn[nH]c3)c(C#N)c2)cc1. The highest BCUT2D eigenvalue weighted by Gasteiger charge is 2.14. The van der Waals surface area contributed by atoms with E-state index in [1.807, 2.05) is 38.1 Å². The van der Waals surface area contributed by atoms with Crippen LogP contribution in [0.1, 0.15) is 40.0 Å². The lowest BCUT2D eigenvalue weighted by Crippen LogP contribution is -2.26. The van der Waals surface area contributed by atoms with Crippen molar-refractivity contribution in [2.75, 3.05) is 0 Å². The third-order valence-electron chi connectivity index (χ3n) is 4.14. The van der Waals surface area contributed by atoms with Gasteiger partial charge >= 0.3 is 0 Å². The minimum absolute atomic E-state index is 0.118. The highest BCUT2D eigenvalue weighted by atomic mass is 16.1. The average molecular weight is 330 g/mol. The molecule has 0 saturated heterocycles. The lowest BCUT2D eigenvalue weighted by Gasteiger charge is -2.15. The van der Waals surface area contributed by atoms with Crippen LogP contribution in [0.4, 0.5) is 0 Å². The average Bonchev–Trinajstić information content (AvgIpc) is 3.16. The van der Waals surface area contributed by atoms with Crippen molar-refractivity contribution in [2.45, 2.75) is 19.9 Å². The monoisotopic (exact) mass is 330 g/mol. The normalized spacial score (nSPS) is 11.6. The maximum absolute atomic E-state index is 12.5. The van der Waals surface area contributed by atoms with Crippen LogP contribution < -0.4 is 5.32 Å². The molecule has 1 atom stereocenters. The Morgan fingerprint density at radius 2 is 2.00 bits per heavy atom. The second kappa shape index (κ2) is 7.02. The fraction of sp³-hybridized carbons (Fsp3) is 0.150. The Labute approximate surface area is 146 Å². The predicted octanol–water partition coefficient (Wildman–Crippen LogP) is 3.75. The Bertz CT molecular complexity index is 921. The van der Waals surface area contributed by atoms with Crippen molar-refractivity contribution in [3.05, 3.63) is 77.1 Å². The van der Waals surface area contributed by atoms with Gasteiger partial charge in [0.1, 0.15) is 0 Å².